The first-order chi connectivity index (χ1) is 9.93. The van der Waals surface area contributed by atoms with Gasteiger partial charge >= 0.3 is 0 Å². The Morgan fingerprint density at radius 3 is 2.64 bits per heavy atom. The van der Waals surface area contributed by atoms with E-state index in [0.29, 0.717) is 5.41 Å². The molecule has 0 amide bonds. The summed E-state index contributed by atoms with van der Waals surface area (Å²) in [6, 6.07) is 4.83. The second kappa shape index (κ2) is 7.81. The largest absolute Gasteiger partial charge is 0.0859 e. The molecule has 1 aliphatic carbocycles. The minimum absolute atomic E-state index is 0. The second-order valence-corrected chi connectivity index (χ2v) is 7.22. The first-order valence-corrected chi connectivity index (χ1v) is 8.38. The lowest BCUT2D eigenvalue weighted by Crippen LogP contribution is -2.20. The van der Waals surface area contributed by atoms with Crippen molar-refractivity contribution in [3.8, 4) is 0 Å². The van der Waals surface area contributed by atoms with E-state index in [1.807, 2.05) is 0 Å². The van der Waals surface area contributed by atoms with Crippen molar-refractivity contribution in [1.29, 1.82) is 0 Å². The molecular formula is C22H34. The SMILES string of the molecule is C.CCCc1cc(C)c2c(c1)CC(C)(CCC=C(C)C)C=C2. The Morgan fingerprint density at radius 1 is 1.27 bits per heavy atom. The normalized spacial score (nSPS) is 19.3. The smallest absolute Gasteiger partial charge is 0.00997 e. The molecule has 1 aliphatic rings. The van der Waals surface area contributed by atoms with E-state index in [1.54, 1.807) is 5.56 Å². The fraction of sp³-hybridized carbons (Fsp3) is 0.545. The number of fused-ring (bicyclic) bond motifs is 1. The minimum atomic E-state index is 0. The highest BCUT2D eigenvalue weighted by molar-refractivity contribution is 5.62. The standard InChI is InChI=1S/C21H30.CH4/c1-6-8-18-13-17(4)20-10-12-21(5,15-19(20)14-18)11-7-9-16(2)3;/h9-10,12-14H,6-8,11,15H2,1-5H3;1H4. The molecule has 0 aliphatic heterocycles. The Morgan fingerprint density at radius 2 is 2.00 bits per heavy atom. The zero-order valence-electron chi connectivity index (χ0n) is 14.4. The monoisotopic (exact) mass is 298 g/mol. The van der Waals surface area contributed by atoms with Gasteiger partial charge in [-0.1, -0.05) is 63.6 Å². The van der Waals surface area contributed by atoms with E-state index < -0.39 is 0 Å². The minimum Gasteiger partial charge on any atom is -0.0859 e. The van der Waals surface area contributed by atoms with Crippen LogP contribution in [0.2, 0.25) is 0 Å². The topological polar surface area (TPSA) is 0 Å². The van der Waals surface area contributed by atoms with E-state index in [-0.39, 0.29) is 7.43 Å². The van der Waals surface area contributed by atoms with Gasteiger partial charge in [-0.25, -0.2) is 0 Å². The Labute approximate surface area is 138 Å². The Balaban J connectivity index is 0.00000242. The number of rotatable bonds is 5. The Bertz CT molecular complexity index is 556. The molecule has 0 fully saturated rings. The average Bonchev–Trinajstić information content (AvgIpc) is 2.37. The fourth-order valence-electron chi connectivity index (χ4n) is 3.41. The van der Waals surface area contributed by atoms with Crippen molar-refractivity contribution in [3.05, 3.63) is 52.1 Å². The molecule has 0 nitrogen and oxygen atoms in total. The van der Waals surface area contributed by atoms with E-state index in [9.17, 15) is 0 Å². The summed E-state index contributed by atoms with van der Waals surface area (Å²) in [6.07, 6.45) is 13.2. The van der Waals surface area contributed by atoms with Crippen LogP contribution in [-0.4, -0.2) is 0 Å². The molecule has 0 heterocycles. The van der Waals surface area contributed by atoms with Gasteiger partial charge in [-0.05, 0) is 74.1 Å². The van der Waals surface area contributed by atoms with Crippen molar-refractivity contribution in [2.75, 3.05) is 0 Å². The zero-order valence-corrected chi connectivity index (χ0v) is 14.4. The van der Waals surface area contributed by atoms with E-state index in [1.165, 1.54) is 54.4 Å². The van der Waals surface area contributed by atoms with Crippen LogP contribution in [0.5, 0.6) is 0 Å². The highest BCUT2D eigenvalue weighted by atomic mass is 14.3. The maximum Gasteiger partial charge on any atom is -0.00997 e. The van der Waals surface area contributed by atoms with Gasteiger partial charge in [0.25, 0.3) is 0 Å². The van der Waals surface area contributed by atoms with Crippen molar-refractivity contribution < 1.29 is 0 Å². The van der Waals surface area contributed by atoms with Crippen LogP contribution in [0.3, 0.4) is 0 Å². The maximum absolute atomic E-state index is 2.45. The van der Waals surface area contributed by atoms with Crippen molar-refractivity contribution in [2.45, 2.75) is 74.1 Å². The summed E-state index contributed by atoms with van der Waals surface area (Å²) >= 11 is 0. The summed E-state index contributed by atoms with van der Waals surface area (Å²) in [5.74, 6) is 0. The van der Waals surface area contributed by atoms with E-state index in [0.717, 1.165) is 0 Å². The number of allylic oxidation sites excluding steroid dienone is 3. The molecule has 0 saturated carbocycles. The van der Waals surface area contributed by atoms with Crippen LogP contribution < -0.4 is 0 Å². The molecule has 122 valence electrons. The van der Waals surface area contributed by atoms with Crippen LogP contribution in [-0.2, 0) is 12.8 Å². The number of aryl methyl sites for hydroxylation is 2. The third-order valence-electron chi connectivity index (χ3n) is 4.59. The predicted molar refractivity (Wildman–Crippen MR) is 101 cm³/mol. The number of hydrogen-bond acceptors (Lipinski definition) is 0. The van der Waals surface area contributed by atoms with Gasteiger partial charge in [0.15, 0.2) is 0 Å². The first-order valence-electron chi connectivity index (χ1n) is 8.38. The van der Waals surface area contributed by atoms with Crippen LogP contribution in [0.25, 0.3) is 6.08 Å². The molecule has 22 heavy (non-hydrogen) atoms. The molecule has 1 aromatic carbocycles. The molecule has 2 rings (SSSR count). The molecule has 1 aromatic rings. The lowest BCUT2D eigenvalue weighted by Gasteiger charge is -2.31. The molecule has 1 atom stereocenters. The molecule has 1 unspecified atom stereocenters. The van der Waals surface area contributed by atoms with Gasteiger partial charge in [-0.2, -0.15) is 0 Å². The van der Waals surface area contributed by atoms with Crippen LogP contribution in [0.4, 0.5) is 0 Å². The Hall–Kier alpha value is -1.30. The lowest BCUT2D eigenvalue weighted by atomic mass is 9.73. The van der Waals surface area contributed by atoms with Gasteiger partial charge in [0.2, 0.25) is 0 Å². The van der Waals surface area contributed by atoms with Crippen LogP contribution >= 0.6 is 0 Å². The van der Waals surface area contributed by atoms with Gasteiger partial charge in [-0.3, -0.25) is 0 Å². The zero-order chi connectivity index (χ0) is 15.5. The van der Waals surface area contributed by atoms with Crippen molar-refractivity contribution in [2.24, 2.45) is 5.41 Å². The van der Waals surface area contributed by atoms with Gasteiger partial charge < -0.3 is 0 Å². The highest BCUT2D eigenvalue weighted by Crippen LogP contribution is 2.38. The van der Waals surface area contributed by atoms with Crippen molar-refractivity contribution in [3.63, 3.8) is 0 Å². The third kappa shape index (κ3) is 4.60. The fourth-order valence-corrected chi connectivity index (χ4v) is 3.41. The van der Waals surface area contributed by atoms with E-state index in [4.69, 9.17) is 0 Å². The molecule has 0 saturated heterocycles. The summed E-state index contributed by atoms with van der Waals surface area (Å²) in [4.78, 5) is 0. The summed E-state index contributed by atoms with van der Waals surface area (Å²) < 4.78 is 0. The van der Waals surface area contributed by atoms with Crippen molar-refractivity contribution in [1.82, 2.24) is 0 Å². The highest BCUT2D eigenvalue weighted by Gasteiger charge is 2.26. The quantitative estimate of drug-likeness (QED) is 0.518. The molecule has 0 bridgehead atoms. The summed E-state index contributed by atoms with van der Waals surface area (Å²) in [6.45, 7) is 11.3. The maximum atomic E-state index is 2.45. The number of benzene rings is 1. The van der Waals surface area contributed by atoms with E-state index in [2.05, 4.69) is 65.0 Å². The van der Waals surface area contributed by atoms with Gasteiger partial charge in [-0.15, -0.1) is 0 Å². The third-order valence-corrected chi connectivity index (χ3v) is 4.59. The molecule has 0 heteroatoms. The van der Waals surface area contributed by atoms with Gasteiger partial charge in [0.05, 0.1) is 0 Å². The molecular weight excluding hydrogens is 264 g/mol. The summed E-state index contributed by atoms with van der Waals surface area (Å²) in [5, 5.41) is 0. The molecule has 0 aromatic heterocycles. The van der Waals surface area contributed by atoms with Gasteiger partial charge in [0, 0.05) is 0 Å². The molecule has 0 spiro atoms. The predicted octanol–water partition coefficient (Wildman–Crippen LogP) is 6.91. The van der Waals surface area contributed by atoms with Crippen LogP contribution in [0.1, 0.15) is 76.6 Å². The van der Waals surface area contributed by atoms with Crippen LogP contribution in [0, 0.1) is 12.3 Å². The molecule has 0 N–H and O–H groups in total. The van der Waals surface area contributed by atoms with Crippen LogP contribution in [0.15, 0.2) is 29.9 Å². The first kappa shape index (κ1) is 18.7. The lowest BCUT2D eigenvalue weighted by molar-refractivity contribution is 0.390. The average molecular weight is 299 g/mol. The molecule has 0 radical (unpaired) electrons. The summed E-state index contributed by atoms with van der Waals surface area (Å²) in [5.41, 5.74) is 7.72. The van der Waals surface area contributed by atoms with Crippen molar-refractivity contribution >= 4 is 6.08 Å². The Kier molecular flexibility index (Phi) is 6.66. The van der Waals surface area contributed by atoms with E-state index >= 15 is 0 Å². The summed E-state index contributed by atoms with van der Waals surface area (Å²) in [7, 11) is 0. The number of hydrogen-bond donors (Lipinski definition) is 0. The van der Waals surface area contributed by atoms with Gasteiger partial charge in [0.1, 0.15) is 0 Å². The second-order valence-electron chi connectivity index (χ2n) is 7.22.